The minimum Gasteiger partial charge on any atom is -0.714 e. The smallest absolute Gasteiger partial charge is 0.313 e. The van der Waals surface area contributed by atoms with Gasteiger partial charge in [-0.15, -0.1) is 5.06 Å². The fraction of sp³-hybridized carbons (Fsp3) is 0.429. The molecule has 1 aliphatic heterocycles. The van der Waals surface area contributed by atoms with Gasteiger partial charge in [0.15, 0.2) is 11.2 Å². The maximum Gasteiger partial charge on any atom is 0.313 e. The molecule has 0 amide bonds. The van der Waals surface area contributed by atoms with Crippen molar-refractivity contribution in [2.45, 2.75) is 38.8 Å². The number of rotatable bonds is 1. The summed E-state index contributed by atoms with van der Waals surface area (Å²) in [7, 11) is 0. The largest absolute Gasteiger partial charge is 0.714 e. The molecule has 19 heavy (non-hydrogen) atoms. The van der Waals surface area contributed by atoms with Crippen LogP contribution >= 0.6 is 0 Å². The van der Waals surface area contributed by atoms with Crippen molar-refractivity contribution in [2.24, 2.45) is 0 Å². The summed E-state index contributed by atoms with van der Waals surface area (Å²) in [6.45, 7) is 14.1. The number of hydrogen-bond donors (Lipinski definition) is 1. The van der Waals surface area contributed by atoms with Crippen LogP contribution in [0.3, 0.4) is 0 Å². The second kappa shape index (κ2) is 3.97. The average Bonchev–Trinajstić information content (AvgIpc) is 2.49. The van der Waals surface area contributed by atoms with Gasteiger partial charge in [0.25, 0.3) is 0 Å². The van der Waals surface area contributed by atoms with Crippen LogP contribution in [0.25, 0.3) is 4.85 Å². The molecule has 1 aliphatic rings. The Labute approximate surface area is 112 Å². The molecule has 0 bridgehead atoms. The summed E-state index contributed by atoms with van der Waals surface area (Å²) in [5, 5.41) is 23.7. The lowest BCUT2D eigenvalue weighted by Crippen LogP contribution is -2.53. The van der Waals surface area contributed by atoms with Gasteiger partial charge in [0.2, 0.25) is 0 Å². The van der Waals surface area contributed by atoms with E-state index in [9.17, 15) is 10.4 Å². The van der Waals surface area contributed by atoms with Crippen LogP contribution in [0, 0.1) is 11.8 Å². The summed E-state index contributed by atoms with van der Waals surface area (Å²) < 4.78 is 0.833. The highest BCUT2D eigenvalue weighted by Gasteiger charge is 2.58. The Morgan fingerprint density at radius 3 is 2.11 bits per heavy atom. The van der Waals surface area contributed by atoms with E-state index in [1.54, 1.807) is 38.1 Å². The quantitative estimate of drug-likeness (QED) is 0.479. The average molecular weight is 259 g/mol. The Morgan fingerprint density at radius 1 is 1.21 bits per heavy atom. The molecule has 1 heterocycles. The Kier molecular flexibility index (Phi) is 2.79. The molecule has 5 nitrogen and oxygen atoms in total. The van der Waals surface area contributed by atoms with E-state index in [4.69, 9.17) is 6.57 Å². The molecular formula is C14H17N3O2. The van der Waals surface area contributed by atoms with Crippen molar-refractivity contribution in [3.8, 4) is 0 Å². The molecule has 0 spiro atoms. The number of benzene rings is 1. The topological polar surface area (TPSA) is 53.9 Å². The van der Waals surface area contributed by atoms with Crippen molar-refractivity contribution in [1.82, 2.24) is 5.06 Å². The maximum absolute atomic E-state index is 12.4. The summed E-state index contributed by atoms with van der Waals surface area (Å²) in [5.41, 5.74) is -0.357. The molecule has 1 aromatic rings. The van der Waals surface area contributed by atoms with Crippen molar-refractivity contribution < 1.29 is 9.95 Å². The van der Waals surface area contributed by atoms with Gasteiger partial charge >= 0.3 is 5.84 Å². The molecule has 1 N–H and O–H groups in total. The fourth-order valence-electron chi connectivity index (χ4n) is 2.05. The van der Waals surface area contributed by atoms with Crippen molar-refractivity contribution >= 4 is 11.5 Å². The van der Waals surface area contributed by atoms with Crippen molar-refractivity contribution in [3.63, 3.8) is 0 Å². The van der Waals surface area contributed by atoms with Crippen LogP contribution in [-0.2, 0) is 0 Å². The molecule has 100 valence electrons. The zero-order valence-electron chi connectivity index (χ0n) is 11.5. The normalized spacial score (nSPS) is 20.5. The standard InChI is InChI=1S/C14H17N3O2/c1-13(2)14(3,4)17(19)12(16(13)18)10-6-8-11(15-5)9-7-10/h6-9,18H,1-4H3. The van der Waals surface area contributed by atoms with E-state index in [1.807, 2.05) is 13.8 Å². The summed E-state index contributed by atoms with van der Waals surface area (Å²) in [5.74, 6) is 0.214. The highest BCUT2D eigenvalue weighted by atomic mass is 16.5. The Morgan fingerprint density at radius 2 is 1.74 bits per heavy atom. The van der Waals surface area contributed by atoms with Crippen molar-refractivity contribution in [3.05, 3.63) is 46.5 Å². The number of amidine groups is 1. The Hall–Kier alpha value is -2.06. The van der Waals surface area contributed by atoms with E-state index in [2.05, 4.69) is 4.85 Å². The molecule has 0 saturated heterocycles. The third-order valence-corrected chi connectivity index (χ3v) is 4.18. The molecule has 0 aliphatic carbocycles. The molecule has 0 unspecified atom stereocenters. The highest BCUT2D eigenvalue weighted by Crippen LogP contribution is 2.37. The van der Waals surface area contributed by atoms with Gasteiger partial charge in [-0.3, -0.25) is 4.74 Å². The monoisotopic (exact) mass is 259 g/mol. The van der Waals surface area contributed by atoms with Crippen LogP contribution in [0.5, 0.6) is 0 Å². The van der Waals surface area contributed by atoms with Gasteiger partial charge in [-0.25, -0.2) is 10.1 Å². The number of hydroxylamine groups is 3. The zero-order valence-corrected chi connectivity index (χ0v) is 11.5. The molecular weight excluding hydrogens is 242 g/mol. The second-order valence-electron chi connectivity index (χ2n) is 5.71. The Balaban J connectivity index is 2.55. The molecule has 0 aromatic heterocycles. The summed E-state index contributed by atoms with van der Waals surface area (Å²) >= 11 is 0. The lowest BCUT2D eigenvalue weighted by atomic mass is 9.84. The van der Waals surface area contributed by atoms with Gasteiger partial charge in [0, 0.05) is 0 Å². The van der Waals surface area contributed by atoms with Crippen molar-refractivity contribution in [2.75, 3.05) is 0 Å². The first-order valence-electron chi connectivity index (χ1n) is 6.05. The van der Waals surface area contributed by atoms with Gasteiger partial charge in [-0.05, 0) is 27.7 Å². The van der Waals surface area contributed by atoms with E-state index >= 15 is 0 Å². The van der Waals surface area contributed by atoms with Crippen LogP contribution in [0.15, 0.2) is 24.3 Å². The molecule has 2 rings (SSSR count). The van der Waals surface area contributed by atoms with Gasteiger partial charge in [0.05, 0.1) is 12.1 Å². The zero-order chi connectivity index (χ0) is 14.4. The minimum absolute atomic E-state index is 0.214. The molecule has 0 radical (unpaired) electrons. The van der Waals surface area contributed by atoms with E-state index in [1.165, 1.54) is 0 Å². The predicted molar refractivity (Wildman–Crippen MR) is 72.2 cm³/mol. The summed E-state index contributed by atoms with van der Waals surface area (Å²) in [6, 6.07) is 6.62. The van der Waals surface area contributed by atoms with Crippen LogP contribution in [0.1, 0.15) is 33.3 Å². The van der Waals surface area contributed by atoms with Crippen molar-refractivity contribution in [1.29, 1.82) is 0 Å². The van der Waals surface area contributed by atoms with Crippen LogP contribution < -0.4 is 0 Å². The molecule has 5 heteroatoms. The molecule has 1 aromatic carbocycles. The van der Waals surface area contributed by atoms with Crippen LogP contribution in [-0.4, -0.2) is 31.9 Å². The fourth-order valence-corrected chi connectivity index (χ4v) is 2.05. The summed E-state index contributed by atoms with van der Waals surface area (Å²) in [6.07, 6.45) is 0. The second-order valence-corrected chi connectivity index (χ2v) is 5.71. The van der Waals surface area contributed by atoms with Crippen LogP contribution in [0.4, 0.5) is 5.69 Å². The van der Waals surface area contributed by atoms with Gasteiger partial charge < -0.3 is 5.21 Å². The SMILES string of the molecule is [C-]#[N+]c1ccc(C2=[N+]([O-])C(C)(C)C(C)(C)N2O)cc1. The summed E-state index contributed by atoms with van der Waals surface area (Å²) in [4.78, 5) is 3.31. The number of hydrogen-bond acceptors (Lipinski definition) is 3. The maximum atomic E-state index is 12.4. The first-order chi connectivity index (χ1) is 8.73. The highest BCUT2D eigenvalue weighted by molar-refractivity contribution is 5.96. The first-order valence-corrected chi connectivity index (χ1v) is 6.05. The van der Waals surface area contributed by atoms with Gasteiger partial charge in [-0.2, -0.15) is 0 Å². The lowest BCUT2D eigenvalue weighted by molar-refractivity contribution is -0.539. The lowest BCUT2D eigenvalue weighted by Gasteiger charge is -2.33. The van der Waals surface area contributed by atoms with E-state index in [0.717, 1.165) is 9.80 Å². The van der Waals surface area contributed by atoms with Gasteiger partial charge in [0.1, 0.15) is 5.54 Å². The molecule has 0 atom stereocenters. The van der Waals surface area contributed by atoms with E-state index in [-0.39, 0.29) is 5.84 Å². The third kappa shape index (κ3) is 1.68. The third-order valence-electron chi connectivity index (χ3n) is 4.18. The van der Waals surface area contributed by atoms with E-state index in [0.29, 0.717) is 11.3 Å². The Bertz CT molecular complexity index is 580. The molecule has 0 fully saturated rings. The van der Waals surface area contributed by atoms with Crippen LogP contribution in [0.2, 0.25) is 0 Å². The first kappa shape index (κ1) is 13.4. The molecule has 0 saturated carbocycles. The van der Waals surface area contributed by atoms with Gasteiger partial charge in [-0.1, -0.05) is 24.3 Å². The van der Waals surface area contributed by atoms with E-state index < -0.39 is 11.1 Å². The minimum atomic E-state index is -0.754. The number of nitrogens with zero attached hydrogens (tertiary/aromatic N) is 3. The predicted octanol–water partition coefficient (Wildman–Crippen LogP) is 2.76.